The molecule has 0 aliphatic heterocycles. The quantitative estimate of drug-likeness (QED) is 0.636. The van der Waals surface area contributed by atoms with Gasteiger partial charge in [-0.2, -0.15) is 0 Å². The molecule has 0 fully saturated rings. The van der Waals surface area contributed by atoms with Crippen molar-refractivity contribution >= 4 is 28.2 Å². The average Bonchev–Trinajstić information content (AvgIpc) is 2.92. The van der Waals surface area contributed by atoms with Gasteiger partial charge >= 0.3 is 0 Å². The maximum Gasteiger partial charge on any atom is 0.150 e. The van der Waals surface area contributed by atoms with Crippen molar-refractivity contribution in [2.45, 2.75) is 20.3 Å². The summed E-state index contributed by atoms with van der Waals surface area (Å²) in [6.45, 7) is 7.61. The highest BCUT2D eigenvalue weighted by Gasteiger charge is 2.09. The molecule has 3 nitrogen and oxygen atoms in total. The number of benzene rings is 2. The third-order valence-electron chi connectivity index (χ3n) is 4.30. The molecule has 3 aromatic rings. The van der Waals surface area contributed by atoms with Crippen molar-refractivity contribution in [1.29, 1.82) is 0 Å². The average molecular weight is 295 g/mol. The molecule has 1 heterocycles. The monoisotopic (exact) mass is 295 g/mol. The van der Waals surface area contributed by atoms with Crippen LogP contribution in [0.3, 0.4) is 0 Å². The molecule has 3 heteroatoms. The van der Waals surface area contributed by atoms with Gasteiger partial charge in [-0.05, 0) is 55.4 Å². The zero-order chi connectivity index (χ0) is 15.5. The van der Waals surface area contributed by atoms with E-state index in [1.165, 1.54) is 5.56 Å². The number of aldehydes is 1. The van der Waals surface area contributed by atoms with Gasteiger partial charge in [-0.25, -0.2) is 0 Å². The zero-order valence-electron chi connectivity index (χ0n) is 13.1. The molecule has 0 atom stereocenters. The number of nitrogens with zero attached hydrogens (tertiary/aromatic N) is 1. The summed E-state index contributed by atoms with van der Waals surface area (Å²) in [4.78, 5) is 13.4. The molecule has 0 aliphatic rings. The Morgan fingerprint density at radius 1 is 1.00 bits per heavy atom. The Labute approximate surface area is 130 Å². The first kappa shape index (κ1) is 14.8. The fourth-order valence-corrected chi connectivity index (χ4v) is 2.90. The maximum atomic E-state index is 11.0. The van der Waals surface area contributed by atoms with Crippen LogP contribution in [0.25, 0.3) is 21.9 Å². The van der Waals surface area contributed by atoms with Gasteiger partial charge < -0.3 is 9.32 Å². The Kier molecular flexibility index (Phi) is 4.25. The first-order chi connectivity index (χ1) is 10.7. The predicted molar refractivity (Wildman–Crippen MR) is 90.6 cm³/mol. The van der Waals surface area contributed by atoms with Crippen molar-refractivity contribution in [2.24, 2.45) is 0 Å². The fourth-order valence-electron chi connectivity index (χ4n) is 2.90. The van der Waals surface area contributed by atoms with Crippen molar-refractivity contribution in [2.75, 3.05) is 19.6 Å². The van der Waals surface area contributed by atoms with Gasteiger partial charge in [0.15, 0.2) is 0 Å². The molecule has 0 aliphatic carbocycles. The first-order valence-electron chi connectivity index (χ1n) is 7.88. The van der Waals surface area contributed by atoms with Gasteiger partial charge in [-0.15, -0.1) is 0 Å². The second kappa shape index (κ2) is 6.32. The van der Waals surface area contributed by atoms with E-state index in [9.17, 15) is 4.79 Å². The lowest BCUT2D eigenvalue weighted by atomic mass is 10.1. The number of carbonyl (C=O) groups is 1. The Morgan fingerprint density at radius 3 is 2.36 bits per heavy atom. The third-order valence-corrected chi connectivity index (χ3v) is 4.30. The number of rotatable bonds is 6. The van der Waals surface area contributed by atoms with E-state index < -0.39 is 0 Å². The van der Waals surface area contributed by atoms with Crippen LogP contribution in [0, 0.1) is 0 Å². The summed E-state index contributed by atoms with van der Waals surface area (Å²) in [7, 11) is 0. The van der Waals surface area contributed by atoms with Gasteiger partial charge in [0.05, 0.1) is 0 Å². The summed E-state index contributed by atoms with van der Waals surface area (Å²) >= 11 is 0. The number of furan rings is 1. The van der Waals surface area contributed by atoms with E-state index in [0.717, 1.165) is 54.3 Å². The molecule has 1 aromatic heterocycles. The predicted octanol–water partition coefficient (Wildman–Crippen LogP) is 4.28. The number of carbonyl (C=O) groups excluding carboxylic acids is 1. The second-order valence-electron chi connectivity index (χ2n) is 5.58. The third kappa shape index (κ3) is 2.77. The van der Waals surface area contributed by atoms with Gasteiger partial charge in [-0.3, -0.25) is 4.79 Å². The molecule has 114 valence electrons. The van der Waals surface area contributed by atoms with E-state index in [2.05, 4.69) is 30.9 Å². The highest BCUT2D eigenvalue weighted by molar-refractivity contribution is 6.06. The summed E-state index contributed by atoms with van der Waals surface area (Å²) in [5.41, 5.74) is 3.70. The molecule has 0 bridgehead atoms. The molecule has 2 aromatic carbocycles. The van der Waals surface area contributed by atoms with Gasteiger partial charge in [0, 0.05) is 22.9 Å². The largest absolute Gasteiger partial charge is 0.456 e. The lowest BCUT2D eigenvalue weighted by molar-refractivity contribution is 0.112. The Bertz CT molecular complexity index is 800. The van der Waals surface area contributed by atoms with Crippen molar-refractivity contribution in [3.05, 3.63) is 47.5 Å². The smallest absolute Gasteiger partial charge is 0.150 e. The standard InChI is InChI=1S/C19H21NO2/c1-3-20(4-2)10-9-14-5-7-18-16(11-14)17-12-15(13-21)6-8-19(17)22-18/h5-8,11-13H,3-4,9-10H2,1-2H3. The van der Waals surface area contributed by atoms with Crippen LogP contribution in [0.5, 0.6) is 0 Å². The van der Waals surface area contributed by atoms with Gasteiger partial charge in [-0.1, -0.05) is 19.9 Å². The molecule has 0 amide bonds. The number of hydrogen-bond acceptors (Lipinski definition) is 3. The van der Waals surface area contributed by atoms with Crippen LogP contribution >= 0.6 is 0 Å². The van der Waals surface area contributed by atoms with Crippen molar-refractivity contribution in [1.82, 2.24) is 4.90 Å². The highest BCUT2D eigenvalue weighted by atomic mass is 16.3. The highest BCUT2D eigenvalue weighted by Crippen LogP contribution is 2.30. The van der Waals surface area contributed by atoms with Crippen LogP contribution < -0.4 is 0 Å². The summed E-state index contributed by atoms with van der Waals surface area (Å²) in [5.74, 6) is 0. The van der Waals surface area contributed by atoms with Crippen LogP contribution in [0.1, 0.15) is 29.8 Å². The minimum Gasteiger partial charge on any atom is -0.456 e. The van der Waals surface area contributed by atoms with Crippen molar-refractivity contribution in [3.63, 3.8) is 0 Å². The van der Waals surface area contributed by atoms with E-state index >= 15 is 0 Å². The molecule has 22 heavy (non-hydrogen) atoms. The van der Waals surface area contributed by atoms with Crippen LogP contribution in [0.15, 0.2) is 40.8 Å². The van der Waals surface area contributed by atoms with Crippen molar-refractivity contribution < 1.29 is 9.21 Å². The van der Waals surface area contributed by atoms with Crippen LogP contribution in [-0.2, 0) is 6.42 Å². The van der Waals surface area contributed by atoms with Gasteiger partial charge in [0.25, 0.3) is 0 Å². The van der Waals surface area contributed by atoms with E-state index in [4.69, 9.17) is 4.42 Å². The summed E-state index contributed by atoms with van der Waals surface area (Å²) in [5, 5.41) is 2.11. The van der Waals surface area contributed by atoms with E-state index in [1.807, 2.05) is 18.2 Å². The van der Waals surface area contributed by atoms with E-state index in [1.54, 1.807) is 6.07 Å². The van der Waals surface area contributed by atoms with Crippen LogP contribution in [0.2, 0.25) is 0 Å². The first-order valence-corrected chi connectivity index (χ1v) is 7.88. The summed E-state index contributed by atoms with van der Waals surface area (Å²) < 4.78 is 5.85. The Balaban J connectivity index is 1.97. The van der Waals surface area contributed by atoms with E-state index in [-0.39, 0.29) is 0 Å². The molecular formula is C19H21NO2. The molecule has 0 unspecified atom stereocenters. The summed E-state index contributed by atoms with van der Waals surface area (Å²) in [6, 6.07) is 11.9. The molecule has 0 radical (unpaired) electrons. The van der Waals surface area contributed by atoms with E-state index in [0.29, 0.717) is 5.56 Å². The van der Waals surface area contributed by atoms with Crippen LogP contribution in [-0.4, -0.2) is 30.8 Å². The maximum absolute atomic E-state index is 11.0. The summed E-state index contributed by atoms with van der Waals surface area (Å²) in [6.07, 6.45) is 1.90. The number of likely N-dealkylation sites (N-methyl/N-ethyl adjacent to an activating group) is 1. The fraction of sp³-hybridized carbons (Fsp3) is 0.316. The molecule has 3 rings (SSSR count). The van der Waals surface area contributed by atoms with Crippen LogP contribution in [0.4, 0.5) is 0 Å². The van der Waals surface area contributed by atoms with Gasteiger partial charge in [0.2, 0.25) is 0 Å². The minimum absolute atomic E-state index is 0.684. The molecule has 0 N–H and O–H groups in total. The number of fused-ring (bicyclic) bond motifs is 3. The topological polar surface area (TPSA) is 33.5 Å². The molecule has 0 saturated carbocycles. The number of hydrogen-bond donors (Lipinski definition) is 0. The lowest BCUT2D eigenvalue weighted by Crippen LogP contribution is -2.25. The normalized spacial score (nSPS) is 11.6. The van der Waals surface area contributed by atoms with Gasteiger partial charge in [0.1, 0.15) is 17.5 Å². The minimum atomic E-state index is 0.684. The second-order valence-corrected chi connectivity index (χ2v) is 5.58. The molecule has 0 saturated heterocycles. The zero-order valence-corrected chi connectivity index (χ0v) is 13.1. The lowest BCUT2D eigenvalue weighted by Gasteiger charge is -2.17. The SMILES string of the molecule is CCN(CC)CCc1ccc2oc3ccc(C=O)cc3c2c1. The molecular weight excluding hydrogens is 274 g/mol. The Morgan fingerprint density at radius 2 is 1.68 bits per heavy atom. The molecule has 0 spiro atoms. The van der Waals surface area contributed by atoms with Crippen molar-refractivity contribution in [3.8, 4) is 0 Å². The Hall–Kier alpha value is -2.13.